The molecule has 0 aliphatic carbocycles. The van der Waals surface area contributed by atoms with Crippen LogP contribution in [0.2, 0.25) is 0 Å². The smallest absolute Gasteiger partial charge is 0.229 e. The van der Waals surface area contributed by atoms with Crippen LogP contribution in [-0.2, 0) is 0 Å². The first kappa shape index (κ1) is 19.3. The number of methoxy groups -OCH3 is 2. The van der Waals surface area contributed by atoms with Gasteiger partial charge in [0.1, 0.15) is 23.1 Å². The molecular weight excluding hydrogens is 356 g/mol. The molecule has 1 heterocycles. The van der Waals surface area contributed by atoms with Gasteiger partial charge in [-0.2, -0.15) is 4.98 Å². The highest BCUT2D eigenvalue weighted by atomic mass is 16.5. The summed E-state index contributed by atoms with van der Waals surface area (Å²) in [6.45, 7) is 4.52. The topological polar surface area (TPSA) is 77.5 Å². The van der Waals surface area contributed by atoms with Crippen LogP contribution in [0.25, 0.3) is 0 Å². The Kier molecular flexibility index (Phi) is 6.16. The second kappa shape index (κ2) is 8.94. The number of ether oxygens (including phenoxy) is 3. The van der Waals surface area contributed by atoms with Gasteiger partial charge >= 0.3 is 0 Å². The molecule has 0 radical (unpaired) electrons. The van der Waals surface area contributed by atoms with Crippen molar-refractivity contribution in [2.24, 2.45) is 0 Å². The summed E-state index contributed by atoms with van der Waals surface area (Å²) in [4.78, 5) is 9.01. The minimum absolute atomic E-state index is 0.458. The summed E-state index contributed by atoms with van der Waals surface area (Å²) in [6, 6.07) is 15.1. The number of aryl methyl sites for hydroxylation is 1. The molecule has 0 bridgehead atoms. The fourth-order valence-electron chi connectivity index (χ4n) is 2.67. The summed E-state index contributed by atoms with van der Waals surface area (Å²) in [5.74, 6) is 3.36. The van der Waals surface area contributed by atoms with E-state index in [0.717, 1.165) is 22.8 Å². The molecule has 2 N–H and O–H groups in total. The van der Waals surface area contributed by atoms with Gasteiger partial charge in [0.2, 0.25) is 5.95 Å². The molecule has 0 fully saturated rings. The quantitative estimate of drug-likeness (QED) is 0.587. The first-order chi connectivity index (χ1) is 13.6. The summed E-state index contributed by atoms with van der Waals surface area (Å²) < 4.78 is 16.2. The number of anilines is 4. The van der Waals surface area contributed by atoms with Gasteiger partial charge in [-0.1, -0.05) is 0 Å². The van der Waals surface area contributed by atoms with Crippen LogP contribution in [0.4, 0.5) is 23.1 Å². The molecule has 0 aliphatic rings. The first-order valence-electron chi connectivity index (χ1n) is 8.96. The van der Waals surface area contributed by atoms with Crippen LogP contribution in [0.15, 0.2) is 48.5 Å². The lowest BCUT2D eigenvalue weighted by Gasteiger charge is -2.13. The second-order valence-electron chi connectivity index (χ2n) is 5.99. The van der Waals surface area contributed by atoms with Gasteiger partial charge in [0.05, 0.1) is 26.5 Å². The van der Waals surface area contributed by atoms with Crippen LogP contribution in [0.3, 0.4) is 0 Å². The molecule has 3 rings (SSSR count). The van der Waals surface area contributed by atoms with E-state index in [1.54, 1.807) is 14.2 Å². The molecule has 0 saturated carbocycles. The molecule has 3 aromatic rings. The number of rotatable bonds is 8. The lowest BCUT2D eigenvalue weighted by atomic mass is 10.2. The van der Waals surface area contributed by atoms with Crippen LogP contribution in [0.5, 0.6) is 17.2 Å². The standard InChI is InChI=1S/C21H24N4O3/c1-5-28-16-8-6-15(7-9-16)23-20-12-14(2)22-21(25-20)24-18-13-17(26-3)10-11-19(18)27-4/h6-13H,5H2,1-4H3,(H2,22,23,24,25). The second-order valence-corrected chi connectivity index (χ2v) is 5.99. The van der Waals surface area contributed by atoms with E-state index in [9.17, 15) is 0 Å². The third-order valence-corrected chi connectivity index (χ3v) is 3.95. The molecular formula is C21H24N4O3. The van der Waals surface area contributed by atoms with Crippen LogP contribution in [0.1, 0.15) is 12.6 Å². The molecule has 0 aliphatic heterocycles. The Morgan fingerprint density at radius 2 is 1.61 bits per heavy atom. The van der Waals surface area contributed by atoms with Crippen molar-refractivity contribution >= 4 is 23.1 Å². The van der Waals surface area contributed by atoms with Gasteiger partial charge < -0.3 is 24.8 Å². The zero-order valence-corrected chi connectivity index (χ0v) is 16.4. The van der Waals surface area contributed by atoms with Crippen molar-refractivity contribution in [2.75, 3.05) is 31.5 Å². The highest BCUT2D eigenvalue weighted by Gasteiger charge is 2.09. The summed E-state index contributed by atoms with van der Waals surface area (Å²) in [6.07, 6.45) is 0. The molecule has 2 aromatic carbocycles. The summed E-state index contributed by atoms with van der Waals surface area (Å²) in [5, 5.41) is 6.49. The minimum Gasteiger partial charge on any atom is -0.497 e. The van der Waals surface area contributed by atoms with Crippen molar-refractivity contribution in [3.63, 3.8) is 0 Å². The normalized spacial score (nSPS) is 10.3. The Balaban J connectivity index is 1.82. The van der Waals surface area contributed by atoms with E-state index in [2.05, 4.69) is 20.6 Å². The maximum atomic E-state index is 5.47. The Hall–Kier alpha value is -3.48. The summed E-state index contributed by atoms with van der Waals surface area (Å²) >= 11 is 0. The van der Waals surface area contributed by atoms with Crippen molar-refractivity contribution < 1.29 is 14.2 Å². The molecule has 7 nitrogen and oxygen atoms in total. The van der Waals surface area contributed by atoms with E-state index in [4.69, 9.17) is 14.2 Å². The van der Waals surface area contributed by atoms with E-state index in [1.165, 1.54) is 0 Å². The van der Waals surface area contributed by atoms with E-state index in [0.29, 0.717) is 29.9 Å². The minimum atomic E-state index is 0.458. The molecule has 0 saturated heterocycles. The van der Waals surface area contributed by atoms with Crippen LogP contribution >= 0.6 is 0 Å². The maximum absolute atomic E-state index is 5.47. The van der Waals surface area contributed by atoms with Gasteiger partial charge in [0.15, 0.2) is 0 Å². The molecule has 0 unspecified atom stereocenters. The Morgan fingerprint density at radius 3 is 2.29 bits per heavy atom. The van der Waals surface area contributed by atoms with Crippen LogP contribution in [-0.4, -0.2) is 30.8 Å². The van der Waals surface area contributed by atoms with Crippen molar-refractivity contribution in [1.29, 1.82) is 0 Å². The van der Waals surface area contributed by atoms with Gasteiger partial charge in [0.25, 0.3) is 0 Å². The van der Waals surface area contributed by atoms with Crippen LogP contribution in [0, 0.1) is 6.92 Å². The number of nitrogens with zero attached hydrogens (tertiary/aromatic N) is 2. The predicted octanol–water partition coefficient (Wildman–Crippen LogP) is 4.69. The van der Waals surface area contributed by atoms with Crippen molar-refractivity contribution in [3.8, 4) is 17.2 Å². The number of benzene rings is 2. The number of hydrogen-bond donors (Lipinski definition) is 2. The van der Waals surface area contributed by atoms with E-state index in [-0.39, 0.29) is 0 Å². The number of hydrogen-bond acceptors (Lipinski definition) is 7. The fraction of sp³-hybridized carbons (Fsp3) is 0.238. The molecule has 146 valence electrons. The molecule has 7 heteroatoms. The Bertz CT molecular complexity index is 929. The molecule has 0 spiro atoms. The van der Waals surface area contributed by atoms with E-state index in [1.807, 2.05) is 62.4 Å². The van der Waals surface area contributed by atoms with Crippen molar-refractivity contribution in [1.82, 2.24) is 9.97 Å². The summed E-state index contributed by atoms with van der Waals surface area (Å²) in [7, 11) is 3.23. The maximum Gasteiger partial charge on any atom is 0.229 e. The Morgan fingerprint density at radius 1 is 0.857 bits per heavy atom. The average Bonchev–Trinajstić information content (AvgIpc) is 2.69. The van der Waals surface area contributed by atoms with Gasteiger partial charge in [-0.05, 0) is 50.2 Å². The van der Waals surface area contributed by atoms with E-state index >= 15 is 0 Å². The zero-order valence-electron chi connectivity index (χ0n) is 16.4. The van der Waals surface area contributed by atoms with Crippen molar-refractivity contribution in [3.05, 3.63) is 54.2 Å². The third kappa shape index (κ3) is 4.82. The Labute approximate surface area is 164 Å². The predicted molar refractivity (Wildman–Crippen MR) is 110 cm³/mol. The third-order valence-electron chi connectivity index (χ3n) is 3.95. The lowest BCUT2D eigenvalue weighted by Crippen LogP contribution is -2.03. The van der Waals surface area contributed by atoms with Crippen LogP contribution < -0.4 is 24.8 Å². The highest BCUT2D eigenvalue weighted by Crippen LogP contribution is 2.31. The van der Waals surface area contributed by atoms with Gasteiger partial charge in [-0.3, -0.25) is 0 Å². The lowest BCUT2D eigenvalue weighted by molar-refractivity contribution is 0.340. The molecule has 28 heavy (non-hydrogen) atoms. The van der Waals surface area contributed by atoms with E-state index < -0.39 is 0 Å². The van der Waals surface area contributed by atoms with Gasteiger partial charge in [0, 0.05) is 23.5 Å². The van der Waals surface area contributed by atoms with Gasteiger partial charge in [-0.25, -0.2) is 4.98 Å². The average molecular weight is 380 g/mol. The van der Waals surface area contributed by atoms with Crippen molar-refractivity contribution in [2.45, 2.75) is 13.8 Å². The first-order valence-corrected chi connectivity index (χ1v) is 8.96. The highest BCUT2D eigenvalue weighted by molar-refractivity contribution is 5.66. The largest absolute Gasteiger partial charge is 0.497 e. The van der Waals surface area contributed by atoms with Gasteiger partial charge in [-0.15, -0.1) is 0 Å². The SMILES string of the molecule is CCOc1ccc(Nc2cc(C)nc(Nc3cc(OC)ccc3OC)n2)cc1. The number of nitrogens with one attached hydrogen (secondary N) is 2. The number of aromatic nitrogens is 2. The zero-order chi connectivity index (χ0) is 19.9. The molecule has 1 aromatic heterocycles. The summed E-state index contributed by atoms with van der Waals surface area (Å²) in [5.41, 5.74) is 2.46. The monoisotopic (exact) mass is 380 g/mol. The fourth-order valence-corrected chi connectivity index (χ4v) is 2.67. The molecule has 0 atom stereocenters. The molecule has 0 amide bonds.